The van der Waals surface area contributed by atoms with Crippen LogP contribution >= 0.6 is 0 Å². The molecule has 4 heteroatoms. The summed E-state index contributed by atoms with van der Waals surface area (Å²) in [7, 11) is 1.39. The lowest BCUT2D eigenvalue weighted by molar-refractivity contribution is 0.0898. The maximum Gasteiger partial charge on any atom is 0.165 e. The summed E-state index contributed by atoms with van der Waals surface area (Å²) in [6.45, 7) is -0.0389. The minimum atomic E-state index is -1.41. The van der Waals surface area contributed by atoms with Crippen molar-refractivity contribution in [3.8, 4) is 5.75 Å². The van der Waals surface area contributed by atoms with Crippen molar-refractivity contribution in [2.24, 2.45) is 5.73 Å². The van der Waals surface area contributed by atoms with Crippen LogP contribution in [-0.4, -0.2) is 18.8 Å². The van der Waals surface area contributed by atoms with Crippen molar-refractivity contribution in [3.63, 3.8) is 0 Å². The quantitative estimate of drug-likeness (QED) is 0.885. The summed E-state index contributed by atoms with van der Waals surface area (Å²) in [6, 6.07) is 13.3. The molecule has 1 unspecified atom stereocenters. The van der Waals surface area contributed by atoms with E-state index in [1.54, 1.807) is 30.3 Å². The lowest BCUT2D eigenvalue weighted by Gasteiger charge is -2.28. The molecule has 19 heavy (non-hydrogen) atoms. The Morgan fingerprint density at radius 2 is 1.84 bits per heavy atom. The fourth-order valence-corrected chi connectivity index (χ4v) is 2.04. The van der Waals surface area contributed by atoms with Crippen LogP contribution in [0, 0.1) is 5.82 Å². The maximum absolute atomic E-state index is 13.8. The van der Waals surface area contributed by atoms with Gasteiger partial charge in [0.1, 0.15) is 5.60 Å². The van der Waals surface area contributed by atoms with Gasteiger partial charge in [-0.05, 0) is 23.3 Å². The van der Waals surface area contributed by atoms with E-state index in [9.17, 15) is 9.50 Å². The molecular formula is C15H16FNO2. The van der Waals surface area contributed by atoms with Crippen LogP contribution in [0.1, 0.15) is 11.1 Å². The molecular weight excluding hydrogens is 245 g/mol. The second-order valence-corrected chi connectivity index (χ2v) is 4.28. The average Bonchev–Trinajstić information content (AvgIpc) is 2.47. The van der Waals surface area contributed by atoms with Gasteiger partial charge in [0.2, 0.25) is 0 Å². The molecule has 0 aliphatic carbocycles. The van der Waals surface area contributed by atoms with Crippen LogP contribution in [0.15, 0.2) is 48.5 Å². The minimum absolute atomic E-state index is 0.0389. The highest BCUT2D eigenvalue weighted by molar-refractivity contribution is 5.40. The zero-order valence-corrected chi connectivity index (χ0v) is 10.6. The monoisotopic (exact) mass is 261 g/mol. The fraction of sp³-hybridized carbons (Fsp3) is 0.200. The topological polar surface area (TPSA) is 55.5 Å². The van der Waals surface area contributed by atoms with Gasteiger partial charge in [-0.15, -0.1) is 0 Å². The van der Waals surface area contributed by atoms with Crippen molar-refractivity contribution < 1.29 is 14.2 Å². The number of ether oxygens (including phenoxy) is 1. The Morgan fingerprint density at radius 3 is 2.37 bits per heavy atom. The molecule has 0 bridgehead atoms. The van der Waals surface area contributed by atoms with E-state index in [0.717, 1.165) is 0 Å². The number of benzene rings is 2. The molecule has 0 spiro atoms. The number of hydrogen-bond donors (Lipinski definition) is 2. The van der Waals surface area contributed by atoms with Gasteiger partial charge in [-0.3, -0.25) is 0 Å². The summed E-state index contributed by atoms with van der Waals surface area (Å²) in [5.74, 6) is -0.390. The largest absolute Gasteiger partial charge is 0.494 e. The standard InChI is InChI=1S/C15H16FNO2/c1-19-14-8-7-12(9-13(14)16)15(18,10-17)11-5-3-2-4-6-11/h2-9,18H,10,17H2,1H3. The van der Waals surface area contributed by atoms with E-state index in [1.165, 1.54) is 19.2 Å². The molecule has 0 aliphatic rings. The van der Waals surface area contributed by atoms with Crippen molar-refractivity contribution in [2.75, 3.05) is 13.7 Å². The van der Waals surface area contributed by atoms with Gasteiger partial charge in [0.05, 0.1) is 7.11 Å². The highest BCUT2D eigenvalue weighted by atomic mass is 19.1. The van der Waals surface area contributed by atoms with Crippen LogP contribution < -0.4 is 10.5 Å². The Labute approximate surface area is 111 Å². The molecule has 0 saturated heterocycles. The van der Waals surface area contributed by atoms with E-state index >= 15 is 0 Å². The van der Waals surface area contributed by atoms with Crippen LogP contribution in [0.3, 0.4) is 0 Å². The third kappa shape index (κ3) is 2.45. The minimum Gasteiger partial charge on any atom is -0.494 e. The number of aliphatic hydroxyl groups is 1. The van der Waals surface area contributed by atoms with Gasteiger partial charge in [0, 0.05) is 6.54 Å². The molecule has 0 amide bonds. The van der Waals surface area contributed by atoms with E-state index in [1.807, 2.05) is 6.07 Å². The first-order valence-corrected chi connectivity index (χ1v) is 5.94. The molecule has 2 aromatic rings. The lowest BCUT2D eigenvalue weighted by Crippen LogP contribution is -2.36. The van der Waals surface area contributed by atoms with Crippen LogP contribution in [0.5, 0.6) is 5.75 Å². The highest BCUT2D eigenvalue weighted by Crippen LogP contribution is 2.31. The van der Waals surface area contributed by atoms with Crippen molar-refractivity contribution >= 4 is 0 Å². The second-order valence-electron chi connectivity index (χ2n) is 4.28. The molecule has 0 heterocycles. The first-order valence-electron chi connectivity index (χ1n) is 5.94. The van der Waals surface area contributed by atoms with Crippen molar-refractivity contribution in [1.29, 1.82) is 0 Å². The van der Waals surface area contributed by atoms with Gasteiger partial charge in [0.15, 0.2) is 11.6 Å². The van der Waals surface area contributed by atoms with E-state index in [-0.39, 0.29) is 12.3 Å². The highest BCUT2D eigenvalue weighted by Gasteiger charge is 2.30. The SMILES string of the molecule is COc1ccc(C(O)(CN)c2ccccc2)cc1F. The van der Waals surface area contributed by atoms with Crippen molar-refractivity contribution in [2.45, 2.75) is 5.60 Å². The fourth-order valence-electron chi connectivity index (χ4n) is 2.04. The summed E-state index contributed by atoms with van der Waals surface area (Å²) < 4.78 is 18.6. The molecule has 0 fully saturated rings. The van der Waals surface area contributed by atoms with Crippen LogP contribution in [0.4, 0.5) is 4.39 Å². The van der Waals surface area contributed by atoms with E-state index < -0.39 is 11.4 Å². The number of hydrogen-bond acceptors (Lipinski definition) is 3. The Balaban J connectivity index is 2.50. The molecule has 0 aliphatic heterocycles. The van der Waals surface area contributed by atoms with Crippen LogP contribution in [0.25, 0.3) is 0 Å². The van der Waals surface area contributed by atoms with E-state index in [2.05, 4.69) is 0 Å². The summed E-state index contributed by atoms with van der Waals surface area (Å²) >= 11 is 0. The molecule has 0 aromatic heterocycles. The molecule has 0 saturated carbocycles. The van der Waals surface area contributed by atoms with Gasteiger partial charge in [0.25, 0.3) is 0 Å². The molecule has 100 valence electrons. The maximum atomic E-state index is 13.8. The first kappa shape index (κ1) is 13.5. The average molecular weight is 261 g/mol. The zero-order chi connectivity index (χ0) is 13.9. The third-order valence-electron chi connectivity index (χ3n) is 3.18. The Morgan fingerprint density at radius 1 is 1.16 bits per heavy atom. The van der Waals surface area contributed by atoms with Gasteiger partial charge >= 0.3 is 0 Å². The van der Waals surface area contributed by atoms with Gasteiger partial charge < -0.3 is 15.6 Å². The van der Waals surface area contributed by atoms with Gasteiger partial charge in [-0.25, -0.2) is 4.39 Å². The number of nitrogens with two attached hydrogens (primary N) is 1. The van der Waals surface area contributed by atoms with Gasteiger partial charge in [-0.2, -0.15) is 0 Å². The molecule has 2 aromatic carbocycles. The predicted molar refractivity (Wildman–Crippen MR) is 71.4 cm³/mol. The number of halogens is 1. The molecule has 3 N–H and O–H groups in total. The van der Waals surface area contributed by atoms with Gasteiger partial charge in [-0.1, -0.05) is 36.4 Å². The molecule has 3 nitrogen and oxygen atoms in total. The lowest BCUT2D eigenvalue weighted by atomic mass is 9.86. The zero-order valence-electron chi connectivity index (χ0n) is 10.6. The summed E-state index contributed by atoms with van der Waals surface area (Å²) in [6.07, 6.45) is 0. The Kier molecular flexibility index (Phi) is 3.83. The van der Waals surface area contributed by atoms with Crippen molar-refractivity contribution in [3.05, 3.63) is 65.5 Å². The second kappa shape index (κ2) is 5.38. The van der Waals surface area contributed by atoms with Crippen LogP contribution in [-0.2, 0) is 5.60 Å². The third-order valence-corrected chi connectivity index (χ3v) is 3.18. The predicted octanol–water partition coefficient (Wildman–Crippen LogP) is 2.03. The summed E-state index contributed by atoms with van der Waals surface area (Å²) in [5.41, 5.74) is 5.31. The van der Waals surface area contributed by atoms with Crippen molar-refractivity contribution in [1.82, 2.24) is 0 Å². The smallest absolute Gasteiger partial charge is 0.165 e. The number of methoxy groups -OCH3 is 1. The van der Waals surface area contributed by atoms with Crippen LogP contribution in [0.2, 0.25) is 0 Å². The molecule has 2 rings (SSSR count). The molecule has 1 atom stereocenters. The summed E-state index contributed by atoms with van der Waals surface area (Å²) in [4.78, 5) is 0. The Bertz CT molecular complexity index is 559. The first-order chi connectivity index (χ1) is 9.11. The Hall–Kier alpha value is -1.91. The summed E-state index contributed by atoms with van der Waals surface area (Å²) in [5, 5.41) is 10.7. The van der Waals surface area contributed by atoms with E-state index in [0.29, 0.717) is 11.1 Å². The number of rotatable bonds is 4. The normalized spacial score (nSPS) is 13.9. The molecule has 0 radical (unpaired) electrons. The van der Waals surface area contributed by atoms with E-state index in [4.69, 9.17) is 10.5 Å².